The van der Waals surface area contributed by atoms with Gasteiger partial charge in [-0.1, -0.05) is 42.5 Å². The van der Waals surface area contributed by atoms with Gasteiger partial charge in [-0.25, -0.2) is 0 Å². The molecule has 3 heteroatoms. The van der Waals surface area contributed by atoms with Gasteiger partial charge < -0.3 is 8.98 Å². The first-order valence-corrected chi connectivity index (χ1v) is 7.09. The number of rotatable bonds is 2. The highest BCUT2D eigenvalue weighted by Gasteiger charge is 2.16. The molecule has 0 saturated heterocycles. The average molecular weight is 287 g/mol. The molecule has 0 atom stereocenters. The third-order valence-corrected chi connectivity index (χ3v) is 3.67. The lowest BCUT2D eigenvalue weighted by molar-refractivity contribution is 0.614. The van der Waals surface area contributed by atoms with E-state index >= 15 is 0 Å². The van der Waals surface area contributed by atoms with Crippen molar-refractivity contribution in [1.82, 2.24) is 4.57 Å². The molecule has 22 heavy (non-hydrogen) atoms. The van der Waals surface area contributed by atoms with E-state index in [0.717, 1.165) is 5.56 Å². The predicted octanol–water partition coefficient (Wildman–Crippen LogP) is 4.25. The first kappa shape index (κ1) is 12.7. The largest absolute Gasteiger partial charge is 0.454 e. The van der Waals surface area contributed by atoms with Crippen LogP contribution in [0, 0.1) is 0 Å². The van der Waals surface area contributed by atoms with E-state index in [4.69, 9.17) is 4.42 Å². The van der Waals surface area contributed by atoms with E-state index in [1.54, 1.807) is 10.6 Å². The molecule has 0 saturated carbocycles. The van der Waals surface area contributed by atoms with Crippen molar-refractivity contribution in [2.45, 2.75) is 0 Å². The molecule has 0 bridgehead atoms. The number of para-hydroxylation sites is 1. The first-order valence-electron chi connectivity index (χ1n) is 7.09. The monoisotopic (exact) mass is 287 g/mol. The van der Waals surface area contributed by atoms with Gasteiger partial charge in [0.1, 0.15) is 11.3 Å². The molecule has 2 aromatic carbocycles. The summed E-state index contributed by atoms with van der Waals surface area (Å²) in [5.41, 5.74) is 1.99. The second-order valence-electron chi connectivity index (χ2n) is 5.06. The average Bonchev–Trinajstić information content (AvgIpc) is 3.10. The number of hydrogen-bond acceptors (Lipinski definition) is 2. The van der Waals surface area contributed by atoms with Gasteiger partial charge in [-0.15, -0.1) is 0 Å². The van der Waals surface area contributed by atoms with Crippen LogP contribution in [-0.4, -0.2) is 4.57 Å². The number of nitrogens with zero attached hydrogens (tertiary/aromatic N) is 1. The van der Waals surface area contributed by atoms with E-state index in [0.29, 0.717) is 22.4 Å². The SMILES string of the molecule is O=c1c(-n2cccc2)c(-c2ccccc2)oc2ccccc12. The minimum absolute atomic E-state index is 0.0306. The fraction of sp³-hybridized carbons (Fsp3) is 0. The van der Waals surface area contributed by atoms with Gasteiger partial charge in [0, 0.05) is 18.0 Å². The summed E-state index contributed by atoms with van der Waals surface area (Å²) >= 11 is 0. The Morgan fingerprint density at radius 1 is 0.773 bits per heavy atom. The summed E-state index contributed by atoms with van der Waals surface area (Å²) in [6.07, 6.45) is 3.71. The number of hydrogen-bond donors (Lipinski definition) is 0. The van der Waals surface area contributed by atoms with Crippen molar-refractivity contribution in [2.75, 3.05) is 0 Å². The summed E-state index contributed by atoms with van der Waals surface area (Å²) in [4.78, 5) is 12.9. The van der Waals surface area contributed by atoms with Crippen LogP contribution in [0.5, 0.6) is 0 Å². The molecular formula is C19H13NO2. The smallest absolute Gasteiger partial charge is 0.217 e. The molecule has 4 aromatic rings. The van der Waals surface area contributed by atoms with E-state index in [1.165, 1.54) is 0 Å². The van der Waals surface area contributed by atoms with E-state index in [2.05, 4.69) is 0 Å². The molecule has 0 spiro atoms. The van der Waals surface area contributed by atoms with Gasteiger partial charge in [-0.05, 0) is 24.3 Å². The molecule has 0 N–H and O–H groups in total. The van der Waals surface area contributed by atoms with Crippen LogP contribution in [0.25, 0.3) is 28.0 Å². The Morgan fingerprint density at radius 2 is 1.45 bits per heavy atom. The van der Waals surface area contributed by atoms with Crippen LogP contribution < -0.4 is 5.43 Å². The maximum atomic E-state index is 12.9. The highest BCUT2D eigenvalue weighted by molar-refractivity contribution is 5.83. The Balaban J connectivity index is 2.14. The molecule has 0 aliphatic rings. The van der Waals surface area contributed by atoms with Gasteiger partial charge in [0.2, 0.25) is 5.43 Å². The summed E-state index contributed by atoms with van der Waals surface area (Å²) in [5, 5.41) is 0.589. The molecule has 0 unspecified atom stereocenters. The molecule has 0 aliphatic carbocycles. The summed E-state index contributed by atoms with van der Waals surface area (Å²) in [5.74, 6) is 0.584. The van der Waals surface area contributed by atoms with Crippen LogP contribution in [0.4, 0.5) is 0 Å². The molecule has 0 fully saturated rings. The van der Waals surface area contributed by atoms with Crippen LogP contribution >= 0.6 is 0 Å². The Kier molecular flexibility index (Phi) is 2.90. The van der Waals surface area contributed by atoms with Crippen molar-refractivity contribution in [3.05, 3.63) is 89.3 Å². The normalized spacial score (nSPS) is 10.9. The van der Waals surface area contributed by atoms with Crippen molar-refractivity contribution in [1.29, 1.82) is 0 Å². The molecule has 0 aliphatic heterocycles. The molecule has 0 amide bonds. The van der Waals surface area contributed by atoms with Gasteiger partial charge in [-0.2, -0.15) is 0 Å². The van der Waals surface area contributed by atoms with Crippen LogP contribution in [0.2, 0.25) is 0 Å². The Hall–Kier alpha value is -3.07. The third kappa shape index (κ3) is 1.95. The van der Waals surface area contributed by atoms with Gasteiger partial charge in [-0.3, -0.25) is 4.79 Å². The van der Waals surface area contributed by atoms with Gasteiger partial charge in [0.05, 0.1) is 5.39 Å². The lowest BCUT2D eigenvalue weighted by atomic mass is 10.1. The van der Waals surface area contributed by atoms with Crippen LogP contribution in [-0.2, 0) is 0 Å². The molecule has 3 nitrogen and oxygen atoms in total. The molecule has 4 rings (SSSR count). The summed E-state index contributed by atoms with van der Waals surface area (Å²) in [7, 11) is 0. The maximum absolute atomic E-state index is 12.9. The summed E-state index contributed by atoms with van der Waals surface area (Å²) in [6, 6.07) is 20.8. The number of aromatic nitrogens is 1. The summed E-state index contributed by atoms with van der Waals surface area (Å²) in [6.45, 7) is 0. The second kappa shape index (κ2) is 5.04. The molecule has 0 radical (unpaired) electrons. The number of fused-ring (bicyclic) bond motifs is 1. The van der Waals surface area contributed by atoms with E-state index in [9.17, 15) is 4.79 Å². The third-order valence-electron chi connectivity index (χ3n) is 3.67. The zero-order valence-corrected chi connectivity index (χ0v) is 11.8. The van der Waals surface area contributed by atoms with E-state index < -0.39 is 0 Å². The molecule has 106 valence electrons. The maximum Gasteiger partial charge on any atom is 0.217 e. The topological polar surface area (TPSA) is 35.1 Å². The van der Waals surface area contributed by atoms with Crippen molar-refractivity contribution in [2.24, 2.45) is 0 Å². The Morgan fingerprint density at radius 3 is 2.23 bits per heavy atom. The minimum atomic E-state index is -0.0306. The molecule has 2 heterocycles. The van der Waals surface area contributed by atoms with Crippen LogP contribution in [0.1, 0.15) is 0 Å². The zero-order valence-electron chi connectivity index (χ0n) is 11.8. The molecular weight excluding hydrogens is 274 g/mol. The van der Waals surface area contributed by atoms with Crippen molar-refractivity contribution in [3.63, 3.8) is 0 Å². The van der Waals surface area contributed by atoms with E-state index in [-0.39, 0.29) is 5.43 Å². The zero-order chi connectivity index (χ0) is 14.9. The van der Waals surface area contributed by atoms with Gasteiger partial charge in [0.15, 0.2) is 5.76 Å². The lowest BCUT2D eigenvalue weighted by Crippen LogP contribution is -2.12. The Bertz CT molecular complexity index is 983. The lowest BCUT2D eigenvalue weighted by Gasteiger charge is -2.11. The van der Waals surface area contributed by atoms with Crippen molar-refractivity contribution < 1.29 is 4.42 Å². The number of benzene rings is 2. The highest BCUT2D eigenvalue weighted by Crippen LogP contribution is 2.28. The fourth-order valence-corrected chi connectivity index (χ4v) is 2.64. The first-order chi connectivity index (χ1) is 10.8. The Labute approximate surface area is 127 Å². The van der Waals surface area contributed by atoms with Crippen molar-refractivity contribution in [3.8, 4) is 17.0 Å². The second-order valence-corrected chi connectivity index (χ2v) is 5.06. The van der Waals surface area contributed by atoms with Crippen LogP contribution in [0.15, 0.2) is 88.3 Å². The van der Waals surface area contributed by atoms with Gasteiger partial charge >= 0.3 is 0 Å². The predicted molar refractivity (Wildman–Crippen MR) is 87.2 cm³/mol. The minimum Gasteiger partial charge on any atom is -0.454 e. The highest BCUT2D eigenvalue weighted by atomic mass is 16.3. The van der Waals surface area contributed by atoms with E-state index in [1.807, 2.05) is 73.1 Å². The quantitative estimate of drug-likeness (QED) is 0.552. The fourth-order valence-electron chi connectivity index (χ4n) is 2.64. The summed E-state index contributed by atoms with van der Waals surface area (Å²) < 4.78 is 7.87. The standard InChI is InChI=1S/C19H13NO2/c21-18-15-10-4-5-11-16(15)22-19(14-8-2-1-3-9-14)17(18)20-12-6-7-13-20/h1-13H. The van der Waals surface area contributed by atoms with Crippen LogP contribution in [0.3, 0.4) is 0 Å². The van der Waals surface area contributed by atoms with Crippen molar-refractivity contribution >= 4 is 11.0 Å². The van der Waals surface area contributed by atoms with Gasteiger partial charge in [0.25, 0.3) is 0 Å². The molecule has 2 aromatic heterocycles.